The number of nitrogens with one attached hydrogen (secondary N) is 1. The van der Waals surface area contributed by atoms with Gasteiger partial charge >= 0.3 is 0 Å². The van der Waals surface area contributed by atoms with Crippen LogP contribution in [0.4, 0.5) is 5.69 Å². The minimum atomic E-state index is -0.372. The normalized spacial score (nSPS) is 10.7. The van der Waals surface area contributed by atoms with Gasteiger partial charge in [-0.3, -0.25) is 4.79 Å². The third-order valence-electron chi connectivity index (χ3n) is 2.85. The quantitative estimate of drug-likeness (QED) is 0.699. The molecular formula is C15H10ClNO3. The molecule has 100 valence electrons. The second kappa shape index (κ2) is 4.90. The van der Waals surface area contributed by atoms with Crippen LogP contribution in [0, 0.1) is 0 Å². The molecule has 1 heterocycles. The molecule has 0 saturated carbocycles. The van der Waals surface area contributed by atoms with Gasteiger partial charge in [-0.2, -0.15) is 0 Å². The number of furan rings is 1. The standard InChI is InChI=1S/C15H10ClNO3/c16-11-8-10(5-6-12(11)18)17-15(19)14-7-9-3-1-2-4-13(9)20-14/h1-8,18H,(H,17,19). The van der Waals surface area contributed by atoms with Crippen LogP contribution in [0.1, 0.15) is 10.6 Å². The van der Waals surface area contributed by atoms with E-state index in [1.54, 1.807) is 18.2 Å². The molecule has 20 heavy (non-hydrogen) atoms. The highest BCUT2D eigenvalue weighted by atomic mass is 35.5. The Balaban J connectivity index is 1.86. The summed E-state index contributed by atoms with van der Waals surface area (Å²) in [4.78, 5) is 12.1. The van der Waals surface area contributed by atoms with E-state index < -0.39 is 0 Å². The number of halogens is 1. The van der Waals surface area contributed by atoms with Crippen molar-refractivity contribution in [1.29, 1.82) is 0 Å². The molecule has 0 aliphatic carbocycles. The van der Waals surface area contributed by atoms with Crippen molar-refractivity contribution < 1.29 is 14.3 Å². The molecule has 5 heteroatoms. The van der Waals surface area contributed by atoms with Crippen LogP contribution in [-0.2, 0) is 0 Å². The van der Waals surface area contributed by atoms with E-state index in [2.05, 4.69) is 5.32 Å². The first-order chi connectivity index (χ1) is 9.63. The summed E-state index contributed by atoms with van der Waals surface area (Å²) in [6, 6.07) is 13.5. The second-order valence-corrected chi connectivity index (χ2v) is 4.68. The largest absolute Gasteiger partial charge is 0.506 e. The summed E-state index contributed by atoms with van der Waals surface area (Å²) in [6.07, 6.45) is 0. The summed E-state index contributed by atoms with van der Waals surface area (Å²) in [6.45, 7) is 0. The van der Waals surface area contributed by atoms with E-state index in [-0.39, 0.29) is 22.4 Å². The molecule has 0 aliphatic heterocycles. The molecule has 3 rings (SSSR count). The maximum Gasteiger partial charge on any atom is 0.291 e. The second-order valence-electron chi connectivity index (χ2n) is 4.27. The smallest absolute Gasteiger partial charge is 0.291 e. The summed E-state index contributed by atoms with van der Waals surface area (Å²) in [5, 5.41) is 13.0. The molecule has 0 fully saturated rings. The van der Waals surface area contributed by atoms with Gasteiger partial charge in [0, 0.05) is 11.1 Å². The van der Waals surface area contributed by atoms with Crippen LogP contribution < -0.4 is 5.32 Å². The first kappa shape index (κ1) is 12.6. The third kappa shape index (κ3) is 2.33. The first-order valence-electron chi connectivity index (χ1n) is 5.92. The fourth-order valence-corrected chi connectivity index (χ4v) is 2.05. The van der Waals surface area contributed by atoms with Gasteiger partial charge in [0.15, 0.2) is 5.76 Å². The van der Waals surface area contributed by atoms with E-state index in [1.165, 1.54) is 12.1 Å². The zero-order valence-corrected chi connectivity index (χ0v) is 11.0. The summed E-state index contributed by atoms with van der Waals surface area (Å²) in [5.41, 5.74) is 1.14. The summed E-state index contributed by atoms with van der Waals surface area (Å²) in [5.74, 6) is -0.188. The number of phenols is 1. The molecule has 0 unspecified atom stereocenters. The number of amides is 1. The topological polar surface area (TPSA) is 62.5 Å². The molecular weight excluding hydrogens is 278 g/mol. The molecule has 0 aliphatic rings. The highest BCUT2D eigenvalue weighted by molar-refractivity contribution is 6.32. The van der Waals surface area contributed by atoms with Crippen molar-refractivity contribution >= 4 is 34.2 Å². The Labute approximate surface area is 119 Å². The zero-order chi connectivity index (χ0) is 14.1. The lowest BCUT2D eigenvalue weighted by molar-refractivity contribution is 0.0998. The van der Waals surface area contributed by atoms with E-state index in [4.69, 9.17) is 16.0 Å². The van der Waals surface area contributed by atoms with Gasteiger partial charge in [-0.1, -0.05) is 29.8 Å². The number of benzene rings is 2. The predicted molar refractivity (Wildman–Crippen MR) is 77.3 cm³/mol. The first-order valence-corrected chi connectivity index (χ1v) is 6.30. The van der Waals surface area contributed by atoms with Crippen LogP contribution in [0.3, 0.4) is 0 Å². The van der Waals surface area contributed by atoms with Gasteiger partial charge in [0.1, 0.15) is 11.3 Å². The molecule has 2 N–H and O–H groups in total. The molecule has 0 spiro atoms. The number of anilines is 1. The summed E-state index contributed by atoms with van der Waals surface area (Å²) in [7, 11) is 0. The van der Waals surface area contributed by atoms with Crippen LogP contribution in [0.15, 0.2) is 52.9 Å². The van der Waals surface area contributed by atoms with Crippen molar-refractivity contribution in [3.63, 3.8) is 0 Å². The summed E-state index contributed by atoms with van der Waals surface area (Å²) < 4.78 is 5.46. The number of carbonyl (C=O) groups excluding carboxylic acids is 1. The number of hydrogen-bond donors (Lipinski definition) is 2. The van der Waals surface area contributed by atoms with Crippen molar-refractivity contribution in [3.8, 4) is 5.75 Å². The minimum absolute atomic E-state index is 0.0339. The van der Waals surface area contributed by atoms with Crippen LogP contribution >= 0.6 is 11.6 Å². The Bertz CT molecular complexity index is 762. The zero-order valence-electron chi connectivity index (χ0n) is 10.3. The van der Waals surface area contributed by atoms with E-state index >= 15 is 0 Å². The van der Waals surface area contributed by atoms with Gasteiger partial charge in [-0.15, -0.1) is 0 Å². The van der Waals surface area contributed by atoms with Gasteiger partial charge in [0.25, 0.3) is 5.91 Å². The number of rotatable bonds is 2. The van der Waals surface area contributed by atoms with Crippen molar-refractivity contribution in [2.75, 3.05) is 5.32 Å². The predicted octanol–water partition coefficient (Wildman–Crippen LogP) is 4.04. The van der Waals surface area contributed by atoms with Crippen molar-refractivity contribution in [3.05, 3.63) is 59.3 Å². The van der Waals surface area contributed by atoms with Gasteiger partial charge in [-0.05, 0) is 30.3 Å². The van der Waals surface area contributed by atoms with E-state index in [0.717, 1.165) is 5.39 Å². The molecule has 0 atom stereocenters. The summed E-state index contributed by atoms with van der Waals surface area (Å²) >= 11 is 5.78. The fraction of sp³-hybridized carbons (Fsp3) is 0. The monoisotopic (exact) mass is 287 g/mol. The number of para-hydroxylation sites is 1. The molecule has 3 aromatic rings. The van der Waals surface area contributed by atoms with E-state index in [1.807, 2.05) is 18.2 Å². The van der Waals surface area contributed by atoms with Crippen LogP contribution in [0.2, 0.25) is 5.02 Å². The number of aromatic hydroxyl groups is 1. The maximum absolute atomic E-state index is 12.1. The number of hydrogen-bond acceptors (Lipinski definition) is 3. The molecule has 0 saturated heterocycles. The Morgan fingerprint density at radius 3 is 2.70 bits per heavy atom. The van der Waals surface area contributed by atoms with Crippen LogP contribution in [0.5, 0.6) is 5.75 Å². The number of phenolic OH excluding ortho intramolecular Hbond substituents is 1. The molecule has 0 radical (unpaired) electrons. The highest BCUT2D eigenvalue weighted by Gasteiger charge is 2.12. The van der Waals surface area contributed by atoms with Crippen molar-refractivity contribution in [1.82, 2.24) is 0 Å². The Hall–Kier alpha value is -2.46. The molecule has 0 bridgehead atoms. The Morgan fingerprint density at radius 2 is 1.95 bits per heavy atom. The molecule has 1 aromatic heterocycles. The minimum Gasteiger partial charge on any atom is -0.506 e. The Morgan fingerprint density at radius 1 is 1.15 bits per heavy atom. The average Bonchev–Trinajstić information content (AvgIpc) is 2.87. The molecule has 4 nitrogen and oxygen atoms in total. The Kier molecular flexibility index (Phi) is 3.08. The lowest BCUT2D eigenvalue weighted by atomic mass is 10.2. The molecule has 1 amide bonds. The SMILES string of the molecule is O=C(Nc1ccc(O)c(Cl)c1)c1cc2ccccc2o1. The third-order valence-corrected chi connectivity index (χ3v) is 3.16. The van der Waals surface area contributed by atoms with Gasteiger partial charge in [0.2, 0.25) is 0 Å². The lowest BCUT2D eigenvalue weighted by Crippen LogP contribution is -2.10. The highest BCUT2D eigenvalue weighted by Crippen LogP contribution is 2.26. The number of carbonyl (C=O) groups is 1. The van der Waals surface area contributed by atoms with Crippen molar-refractivity contribution in [2.24, 2.45) is 0 Å². The van der Waals surface area contributed by atoms with E-state index in [9.17, 15) is 9.90 Å². The van der Waals surface area contributed by atoms with Crippen LogP contribution in [0.25, 0.3) is 11.0 Å². The van der Waals surface area contributed by atoms with E-state index in [0.29, 0.717) is 11.3 Å². The fourth-order valence-electron chi connectivity index (χ4n) is 1.87. The lowest BCUT2D eigenvalue weighted by Gasteiger charge is -2.04. The average molecular weight is 288 g/mol. The number of fused-ring (bicyclic) bond motifs is 1. The maximum atomic E-state index is 12.1. The van der Waals surface area contributed by atoms with Crippen molar-refractivity contribution in [2.45, 2.75) is 0 Å². The van der Waals surface area contributed by atoms with Gasteiger partial charge in [-0.25, -0.2) is 0 Å². The van der Waals surface area contributed by atoms with Gasteiger partial charge < -0.3 is 14.8 Å². The van der Waals surface area contributed by atoms with Crippen LogP contribution in [-0.4, -0.2) is 11.0 Å². The molecule has 2 aromatic carbocycles. The van der Waals surface area contributed by atoms with Gasteiger partial charge in [0.05, 0.1) is 5.02 Å².